The summed E-state index contributed by atoms with van der Waals surface area (Å²) in [7, 11) is -2.36. The summed E-state index contributed by atoms with van der Waals surface area (Å²) < 4.78 is 31.6. The van der Waals surface area contributed by atoms with Gasteiger partial charge < -0.3 is 10.1 Å². The number of sulfonamides is 1. The topological polar surface area (TPSA) is 75.7 Å². The maximum absolute atomic E-state index is 13.2. The van der Waals surface area contributed by atoms with Crippen LogP contribution in [-0.4, -0.2) is 33.7 Å². The van der Waals surface area contributed by atoms with Crippen LogP contribution in [0.4, 0.5) is 5.69 Å². The van der Waals surface area contributed by atoms with Crippen molar-refractivity contribution >= 4 is 33.2 Å². The quantitative estimate of drug-likeness (QED) is 0.611. The number of ether oxygens (including phenoxy) is 1. The number of anilines is 1. The molecule has 164 valence electrons. The van der Waals surface area contributed by atoms with Crippen molar-refractivity contribution in [3.8, 4) is 5.75 Å². The van der Waals surface area contributed by atoms with Gasteiger partial charge in [-0.15, -0.1) is 0 Å². The molecule has 0 aliphatic heterocycles. The van der Waals surface area contributed by atoms with Crippen molar-refractivity contribution in [3.05, 3.63) is 59.1 Å². The molecule has 0 aromatic heterocycles. The maximum Gasteiger partial charge on any atom is 0.244 e. The summed E-state index contributed by atoms with van der Waals surface area (Å²) in [5, 5.41) is 3.36. The van der Waals surface area contributed by atoms with E-state index in [4.69, 9.17) is 16.3 Å². The van der Waals surface area contributed by atoms with Crippen molar-refractivity contribution < 1.29 is 17.9 Å². The highest BCUT2D eigenvalue weighted by atomic mass is 35.5. The number of carbonyl (C=O) groups is 1. The third kappa shape index (κ3) is 6.12. The van der Waals surface area contributed by atoms with E-state index in [0.717, 1.165) is 22.5 Å². The van der Waals surface area contributed by atoms with Crippen molar-refractivity contribution in [1.29, 1.82) is 0 Å². The first-order valence-corrected chi connectivity index (χ1v) is 12.0. The number of hydrogen-bond donors (Lipinski definition) is 1. The van der Waals surface area contributed by atoms with Gasteiger partial charge in [-0.3, -0.25) is 9.10 Å². The van der Waals surface area contributed by atoms with Crippen LogP contribution < -0.4 is 14.4 Å². The zero-order valence-corrected chi connectivity index (χ0v) is 19.5. The number of nitrogens with zero attached hydrogens (tertiary/aromatic N) is 1. The summed E-state index contributed by atoms with van der Waals surface area (Å²) in [6, 6.07) is 13.1. The van der Waals surface area contributed by atoms with Crippen LogP contribution in [0, 0.1) is 5.92 Å². The predicted octanol–water partition coefficient (Wildman–Crippen LogP) is 4.41. The van der Waals surface area contributed by atoms with Crippen LogP contribution in [0.5, 0.6) is 5.75 Å². The highest BCUT2D eigenvalue weighted by molar-refractivity contribution is 7.92. The van der Waals surface area contributed by atoms with Crippen LogP contribution in [0.25, 0.3) is 0 Å². The Bertz CT molecular complexity index is 964. The van der Waals surface area contributed by atoms with Gasteiger partial charge in [0.1, 0.15) is 11.8 Å². The van der Waals surface area contributed by atoms with Gasteiger partial charge in [0, 0.05) is 5.02 Å². The Balaban J connectivity index is 2.39. The lowest BCUT2D eigenvalue weighted by Gasteiger charge is -2.31. The molecule has 0 radical (unpaired) electrons. The van der Waals surface area contributed by atoms with Gasteiger partial charge in [-0.25, -0.2) is 8.42 Å². The normalized spacial score (nSPS) is 13.6. The fourth-order valence-electron chi connectivity index (χ4n) is 3.34. The molecule has 2 aromatic carbocycles. The molecular weight excluding hydrogens is 424 g/mol. The van der Waals surface area contributed by atoms with E-state index in [9.17, 15) is 13.2 Å². The van der Waals surface area contributed by atoms with Gasteiger partial charge in [0.2, 0.25) is 15.9 Å². The molecule has 1 N–H and O–H groups in total. The molecule has 30 heavy (non-hydrogen) atoms. The van der Waals surface area contributed by atoms with E-state index >= 15 is 0 Å². The number of hydrogen-bond acceptors (Lipinski definition) is 4. The van der Waals surface area contributed by atoms with Gasteiger partial charge in [0.25, 0.3) is 0 Å². The number of amides is 1. The van der Waals surface area contributed by atoms with E-state index < -0.39 is 22.0 Å². The summed E-state index contributed by atoms with van der Waals surface area (Å²) in [6.07, 6.45) is 1.78. The minimum atomic E-state index is -3.80. The number of benzene rings is 2. The van der Waals surface area contributed by atoms with Crippen LogP contribution in [0.15, 0.2) is 48.5 Å². The van der Waals surface area contributed by atoms with E-state index in [1.54, 1.807) is 19.1 Å². The molecule has 0 fully saturated rings. The van der Waals surface area contributed by atoms with Gasteiger partial charge >= 0.3 is 0 Å². The fraction of sp³-hybridized carbons (Fsp3) is 0.409. The van der Waals surface area contributed by atoms with E-state index in [-0.39, 0.29) is 11.7 Å². The monoisotopic (exact) mass is 452 g/mol. The Morgan fingerprint density at radius 3 is 2.30 bits per heavy atom. The Hall–Kier alpha value is -2.25. The van der Waals surface area contributed by atoms with Crippen molar-refractivity contribution in [2.24, 2.45) is 5.92 Å². The molecule has 2 rings (SSSR count). The molecule has 8 heteroatoms. The SMILES string of the molecule is COc1ccc(Cl)cc1N(C(C)C(=O)NC(CC(C)C)c1ccccc1)S(C)(=O)=O. The number of rotatable bonds is 9. The molecule has 0 aliphatic rings. The van der Waals surface area contributed by atoms with Gasteiger partial charge in [0.15, 0.2) is 0 Å². The highest BCUT2D eigenvalue weighted by Crippen LogP contribution is 2.34. The zero-order chi connectivity index (χ0) is 22.5. The van der Waals surface area contributed by atoms with E-state index in [1.165, 1.54) is 13.2 Å². The summed E-state index contributed by atoms with van der Waals surface area (Å²) in [5.74, 6) is 0.244. The Kier molecular flexibility index (Phi) is 8.15. The molecule has 0 spiro atoms. The van der Waals surface area contributed by atoms with Crippen LogP contribution in [-0.2, 0) is 14.8 Å². The second kappa shape index (κ2) is 10.2. The van der Waals surface area contributed by atoms with Gasteiger partial charge in [-0.05, 0) is 43.0 Å². The third-order valence-corrected chi connectivity index (χ3v) is 6.15. The van der Waals surface area contributed by atoms with Crippen LogP contribution in [0.3, 0.4) is 0 Å². The molecule has 2 unspecified atom stereocenters. The number of halogens is 1. The van der Waals surface area contributed by atoms with E-state index in [0.29, 0.717) is 16.7 Å². The predicted molar refractivity (Wildman–Crippen MR) is 122 cm³/mol. The third-order valence-electron chi connectivity index (χ3n) is 4.69. The second-order valence-corrected chi connectivity index (χ2v) is 9.95. The van der Waals surface area contributed by atoms with Crippen molar-refractivity contribution in [3.63, 3.8) is 0 Å². The minimum absolute atomic E-state index is 0.218. The van der Waals surface area contributed by atoms with Crippen LogP contribution in [0.2, 0.25) is 5.02 Å². The Morgan fingerprint density at radius 2 is 1.77 bits per heavy atom. The van der Waals surface area contributed by atoms with E-state index in [1.807, 2.05) is 30.3 Å². The van der Waals surface area contributed by atoms with Gasteiger partial charge in [-0.1, -0.05) is 55.8 Å². The first-order valence-electron chi connectivity index (χ1n) is 9.72. The van der Waals surface area contributed by atoms with Crippen molar-refractivity contribution in [1.82, 2.24) is 5.32 Å². The molecule has 0 saturated carbocycles. The zero-order valence-electron chi connectivity index (χ0n) is 17.9. The largest absolute Gasteiger partial charge is 0.495 e. The van der Waals surface area contributed by atoms with Crippen LogP contribution >= 0.6 is 11.6 Å². The average Bonchev–Trinajstić information content (AvgIpc) is 2.67. The molecule has 2 aromatic rings. The van der Waals surface area contributed by atoms with Gasteiger partial charge in [-0.2, -0.15) is 0 Å². The Labute approximate surface area is 184 Å². The highest BCUT2D eigenvalue weighted by Gasteiger charge is 2.32. The van der Waals surface area contributed by atoms with E-state index in [2.05, 4.69) is 19.2 Å². The van der Waals surface area contributed by atoms with Crippen LogP contribution in [0.1, 0.15) is 38.8 Å². The van der Waals surface area contributed by atoms with Crippen molar-refractivity contribution in [2.75, 3.05) is 17.7 Å². The summed E-state index contributed by atoms with van der Waals surface area (Å²) >= 11 is 6.10. The minimum Gasteiger partial charge on any atom is -0.495 e. The van der Waals surface area contributed by atoms with Crippen molar-refractivity contribution in [2.45, 2.75) is 39.3 Å². The lowest BCUT2D eigenvalue weighted by atomic mass is 9.96. The molecule has 1 amide bonds. The fourth-order valence-corrected chi connectivity index (χ4v) is 4.68. The maximum atomic E-state index is 13.2. The number of nitrogens with one attached hydrogen (secondary N) is 1. The lowest BCUT2D eigenvalue weighted by molar-refractivity contribution is -0.122. The summed E-state index contributed by atoms with van der Waals surface area (Å²) in [6.45, 7) is 5.70. The molecule has 0 bridgehead atoms. The lowest BCUT2D eigenvalue weighted by Crippen LogP contribution is -2.48. The summed E-state index contributed by atoms with van der Waals surface area (Å²) in [4.78, 5) is 13.2. The summed E-state index contributed by atoms with van der Waals surface area (Å²) in [5.41, 5.74) is 1.19. The molecule has 6 nitrogen and oxygen atoms in total. The molecule has 2 atom stereocenters. The first kappa shape index (κ1) is 24.0. The first-order chi connectivity index (χ1) is 14.0. The Morgan fingerprint density at radius 1 is 1.13 bits per heavy atom. The second-order valence-electron chi connectivity index (χ2n) is 7.65. The molecule has 0 heterocycles. The molecular formula is C22H29ClN2O4S. The molecule has 0 aliphatic carbocycles. The van der Waals surface area contributed by atoms with Gasteiger partial charge in [0.05, 0.1) is 25.1 Å². The number of methoxy groups -OCH3 is 1. The molecule has 0 saturated heterocycles. The standard InChI is InChI=1S/C22H29ClN2O4S/c1-15(2)13-19(17-9-7-6-8-10-17)24-22(26)16(3)25(30(5,27)28)20-14-18(23)11-12-21(20)29-4/h6-12,14-16,19H,13H2,1-5H3,(H,24,26). The smallest absolute Gasteiger partial charge is 0.244 e. The average molecular weight is 453 g/mol. The number of carbonyl (C=O) groups excluding carboxylic acids is 1.